The second-order valence-corrected chi connectivity index (χ2v) is 2.66. The van der Waals surface area contributed by atoms with Gasteiger partial charge in [-0.25, -0.2) is 0 Å². The molecule has 0 amide bonds. The molecule has 9 heavy (non-hydrogen) atoms. The van der Waals surface area contributed by atoms with Crippen molar-refractivity contribution in [2.75, 3.05) is 0 Å². The fourth-order valence-corrected chi connectivity index (χ4v) is 1.42. The highest BCUT2D eigenvalue weighted by Gasteiger charge is 2.12. The number of hydrogen-bond donors (Lipinski definition) is 0. The van der Waals surface area contributed by atoms with Crippen molar-refractivity contribution < 1.29 is 4.74 Å². The van der Waals surface area contributed by atoms with Gasteiger partial charge in [0.25, 0.3) is 0 Å². The fourth-order valence-electron chi connectivity index (χ4n) is 1.27. The normalized spacial score (nSPS) is 22.3. The van der Waals surface area contributed by atoms with Gasteiger partial charge in [0.1, 0.15) is 0 Å². The smallest absolute Gasteiger partial charge is 0.171 e. The van der Waals surface area contributed by atoms with Crippen LogP contribution in [0.15, 0.2) is 0 Å². The van der Waals surface area contributed by atoms with E-state index in [1.54, 1.807) is 0 Å². The summed E-state index contributed by atoms with van der Waals surface area (Å²) in [6.07, 6.45) is 6.75. The Labute approximate surface area is 61.3 Å². The highest BCUT2D eigenvalue weighted by atomic mass is 35.5. The summed E-state index contributed by atoms with van der Waals surface area (Å²) in [5.41, 5.74) is 0. The molecule has 0 saturated heterocycles. The Kier molecular flexibility index (Phi) is 3.37. The van der Waals surface area contributed by atoms with Gasteiger partial charge in [-0.2, -0.15) is 0 Å². The van der Waals surface area contributed by atoms with Gasteiger partial charge >= 0.3 is 0 Å². The zero-order chi connectivity index (χ0) is 6.53. The zero-order valence-electron chi connectivity index (χ0n) is 5.48. The van der Waals surface area contributed by atoms with Crippen LogP contribution in [0.4, 0.5) is 0 Å². The summed E-state index contributed by atoms with van der Waals surface area (Å²) in [6.45, 7) is 0. The van der Waals surface area contributed by atoms with Crippen LogP contribution in [0.2, 0.25) is 0 Å². The first-order chi connectivity index (χ1) is 4.43. The van der Waals surface area contributed by atoms with Gasteiger partial charge < -0.3 is 4.74 Å². The lowest BCUT2D eigenvalue weighted by atomic mass is 9.98. The number of hydrogen-bond acceptors (Lipinski definition) is 1. The summed E-state index contributed by atoms with van der Waals surface area (Å²) in [7, 11) is 0. The van der Waals surface area contributed by atoms with Crippen molar-refractivity contribution in [2.45, 2.75) is 38.2 Å². The Balaban J connectivity index is 2.08. The molecule has 1 aliphatic carbocycles. The molecule has 1 saturated carbocycles. The highest BCUT2D eigenvalue weighted by Crippen LogP contribution is 2.20. The first kappa shape index (κ1) is 7.36. The lowest BCUT2D eigenvalue weighted by Crippen LogP contribution is -2.13. The monoisotopic (exact) mass is 147 g/mol. The second-order valence-electron chi connectivity index (χ2n) is 2.49. The van der Waals surface area contributed by atoms with Gasteiger partial charge in [0.05, 0.1) is 6.10 Å². The number of halogens is 1. The predicted molar refractivity (Wildman–Crippen MR) is 38.1 cm³/mol. The minimum Gasteiger partial charge on any atom is -0.355 e. The van der Waals surface area contributed by atoms with Gasteiger partial charge in [-0.3, -0.25) is 0 Å². The lowest BCUT2D eigenvalue weighted by molar-refractivity contribution is 0.0914. The van der Waals surface area contributed by atoms with Crippen molar-refractivity contribution in [1.29, 1.82) is 0 Å². The maximum atomic E-state index is 5.29. The zero-order valence-corrected chi connectivity index (χ0v) is 6.23. The van der Waals surface area contributed by atoms with Gasteiger partial charge in [-0.05, 0) is 12.8 Å². The maximum absolute atomic E-state index is 5.29. The largest absolute Gasteiger partial charge is 0.355 e. The van der Waals surface area contributed by atoms with Gasteiger partial charge in [0, 0.05) is 0 Å². The van der Waals surface area contributed by atoms with E-state index in [4.69, 9.17) is 16.3 Å². The van der Waals surface area contributed by atoms with Crippen molar-refractivity contribution in [2.24, 2.45) is 0 Å². The third kappa shape index (κ3) is 2.55. The van der Waals surface area contributed by atoms with Crippen LogP contribution in [0.5, 0.6) is 0 Å². The minimum atomic E-state index is 0.413. The summed E-state index contributed by atoms with van der Waals surface area (Å²) in [6, 6.07) is 1.29. The Hall–Kier alpha value is 0.250. The van der Waals surface area contributed by atoms with Gasteiger partial charge in [0.2, 0.25) is 0 Å². The van der Waals surface area contributed by atoms with Crippen molar-refractivity contribution >= 4 is 11.6 Å². The molecule has 0 aromatic rings. The Morgan fingerprint density at radius 3 is 2.44 bits per heavy atom. The van der Waals surface area contributed by atoms with E-state index in [-0.39, 0.29) is 0 Å². The van der Waals surface area contributed by atoms with E-state index in [1.165, 1.54) is 38.2 Å². The molecule has 0 atom stereocenters. The summed E-state index contributed by atoms with van der Waals surface area (Å²) in [5.74, 6) is 0. The summed E-state index contributed by atoms with van der Waals surface area (Å²) in [4.78, 5) is 0. The van der Waals surface area contributed by atoms with E-state index in [2.05, 4.69) is 0 Å². The highest BCUT2D eigenvalue weighted by molar-refractivity contribution is 6.22. The van der Waals surface area contributed by atoms with E-state index in [0.717, 1.165) is 0 Å². The van der Waals surface area contributed by atoms with Crippen LogP contribution in [-0.2, 0) is 4.74 Å². The van der Waals surface area contributed by atoms with Gasteiger partial charge in [-0.15, -0.1) is 0 Å². The van der Waals surface area contributed by atoms with Crippen LogP contribution >= 0.6 is 11.6 Å². The van der Waals surface area contributed by atoms with Crippen molar-refractivity contribution in [3.8, 4) is 0 Å². The molecule has 0 bridgehead atoms. The average Bonchev–Trinajstić information content (AvgIpc) is 1.91. The average molecular weight is 148 g/mol. The van der Waals surface area contributed by atoms with Gasteiger partial charge in [-0.1, -0.05) is 30.9 Å². The van der Waals surface area contributed by atoms with Crippen LogP contribution in [-0.4, -0.2) is 6.10 Å². The lowest BCUT2D eigenvalue weighted by Gasteiger charge is -2.19. The van der Waals surface area contributed by atoms with E-state index in [1.807, 2.05) is 0 Å². The van der Waals surface area contributed by atoms with Gasteiger partial charge in [0.15, 0.2) is 6.07 Å². The molecule has 0 N–H and O–H groups in total. The molecule has 1 nitrogen and oxygen atoms in total. The van der Waals surface area contributed by atoms with Crippen LogP contribution < -0.4 is 0 Å². The fraction of sp³-hybridized carbons (Fsp3) is 0.857. The Morgan fingerprint density at radius 1 is 1.22 bits per heavy atom. The SMILES string of the molecule is Cl[CH]OC1CCCCC1. The molecule has 0 unspecified atom stereocenters. The van der Waals surface area contributed by atoms with E-state index in [0.29, 0.717) is 6.10 Å². The second kappa shape index (κ2) is 4.13. The maximum Gasteiger partial charge on any atom is 0.171 e. The standard InChI is InChI=1S/C7H12ClO/c8-6-9-7-4-2-1-3-5-7/h6-7H,1-5H2. The summed E-state index contributed by atoms with van der Waals surface area (Å²) in [5, 5.41) is 0. The molecule has 53 valence electrons. The number of ether oxygens (including phenoxy) is 1. The van der Waals surface area contributed by atoms with E-state index < -0.39 is 0 Å². The topological polar surface area (TPSA) is 9.23 Å². The summed E-state index contributed by atoms with van der Waals surface area (Å²) >= 11 is 5.29. The molecular weight excluding hydrogens is 136 g/mol. The van der Waals surface area contributed by atoms with Crippen LogP contribution in [0.3, 0.4) is 0 Å². The van der Waals surface area contributed by atoms with Crippen LogP contribution in [0.25, 0.3) is 0 Å². The molecule has 0 heterocycles. The van der Waals surface area contributed by atoms with E-state index >= 15 is 0 Å². The molecule has 0 aromatic heterocycles. The third-order valence-electron chi connectivity index (χ3n) is 1.80. The third-order valence-corrected chi connectivity index (χ3v) is 1.90. The van der Waals surface area contributed by atoms with Crippen LogP contribution in [0, 0.1) is 6.07 Å². The molecular formula is C7H12ClO. The molecule has 1 radical (unpaired) electrons. The Morgan fingerprint density at radius 2 is 1.89 bits per heavy atom. The number of rotatable bonds is 2. The molecule has 1 rings (SSSR count). The molecule has 0 aliphatic heterocycles. The predicted octanol–water partition coefficient (Wildman–Crippen LogP) is 2.69. The van der Waals surface area contributed by atoms with Crippen molar-refractivity contribution in [3.63, 3.8) is 0 Å². The van der Waals surface area contributed by atoms with Crippen molar-refractivity contribution in [1.82, 2.24) is 0 Å². The van der Waals surface area contributed by atoms with E-state index in [9.17, 15) is 0 Å². The van der Waals surface area contributed by atoms with Crippen LogP contribution in [0.1, 0.15) is 32.1 Å². The Bertz CT molecular complexity index is 66.6. The molecule has 2 heteroatoms. The molecule has 1 aliphatic rings. The molecule has 1 fully saturated rings. The first-order valence-electron chi connectivity index (χ1n) is 3.51. The summed E-state index contributed by atoms with van der Waals surface area (Å²) < 4.78 is 5.12. The molecule has 0 spiro atoms. The quantitative estimate of drug-likeness (QED) is 0.584. The first-order valence-corrected chi connectivity index (χ1v) is 3.94. The van der Waals surface area contributed by atoms with Crippen molar-refractivity contribution in [3.05, 3.63) is 6.07 Å². The molecule has 0 aromatic carbocycles. The minimum absolute atomic E-state index is 0.413.